The van der Waals surface area contributed by atoms with Crippen LogP contribution in [0.4, 0.5) is 0 Å². The maximum atomic E-state index is 11.7. The minimum atomic E-state index is -0.183. The molecule has 1 fully saturated rings. The highest BCUT2D eigenvalue weighted by atomic mass is 16.1. The van der Waals surface area contributed by atoms with Crippen molar-refractivity contribution < 1.29 is 4.79 Å². The lowest BCUT2D eigenvalue weighted by Gasteiger charge is -2.35. The second-order valence-corrected chi connectivity index (χ2v) is 5.17. The number of rotatable bonds is 3. The summed E-state index contributed by atoms with van der Waals surface area (Å²) < 4.78 is 0. The SMILES string of the molecule is CN(CC(=O)C(C)(C)C)C1CCC1. The molecule has 0 radical (unpaired) electrons. The Kier molecular flexibility index (Phi) is 3.12. The van der Waals surface area contributed by atoms with Gasteiger partial charge < -0.3 is 0 Å². The zero-order chi connectivity index (χ0) is 10.1. The van der Waals surface area contributed by atoms with Crippen LogP contribution in [0, 0.1) is 5.41 Å². The molecule has 1 rings (SSSR count). The van der Waals surface area contributed by atoms with Crippen molar-refractivity contribution in [3.8, 4) is 0 Å². The Morgan fingerprint density at radius 2 is 1.92 bits per heavy atom. The number of nitrogens with zero attached hydrogens (tertiary/aromatic N) is 1. The van der Waals surface area contributed by atoms with Gasteiger partial charge in [-0.2, -0.15) is 0 Å². The van der Waals surface area contributed by atoms with Crippen LogP contribution in [-0.2, 0) is 4.79 Å². The van der Waals surface area contributed by atoms with Crippen molar-refractivity contribution in [2.75, 3.05) is 13.6 Å². The van der Waals surface area contributed by atoms with E-state index in [4.69, 9.17) is 0 Å². The molecule has 0 saturated heterocycles. The van der Waals surface area contributed by atoms with Crippen molar-refractivity contribution in [3.63, 3.8) is 0 Å². The molecule has 1 aliphatic carbocycles. The van der Waals surface area contributed by atoms with E-state index < -0.39 is 0 Å². The van der Waals surface area contributed by atoms with Crippen LogP contribution in [0.2, 0.25) is 0 Å². The number of likely N-dealkylation sites (N-methyl/N-ethyl adjacent to an activating group) is 1. The summed E-state index contributed by atoms with van der Waals surface area (Å²) in [4.78, 5) is 13.9. The van der Waals surface area contributed by atoms with Gasteiger partial charge in [-0.05, 0) is 19.9 Å². The average molecular weight is 183 g/mol. The van der Waals surface area contributed by atoms with Gasteiger partial charge in [0.05, 0.1) is 6.54 Å². The molecule has 1 saturated carbocycles. The fourth-order valence-corrected chi connectivity index (χ4v) is 1.42. The molecule has 0 amide bonds. The quantitative estimate of drug-likeness (QED) is 0.667. The van der Waals surface area contributed by atoms with Crippen molar-refractivity contribution in [2.24, 2.45) is 5.41 Å². The van der Waals surface area contributed by atoms with E-state index in [9.17, 15) is 4.79 Å². The second-order valence-electron chi connectivity index (χ2n) is 5.17. The van der Waals surface area contributed by atoms with Crippen LogP contribution in [-0.4, -0.2) is 30.3 Å². The van der Waals surface area contributed by atoms with Gasteiger partial charge in [0, 0.05) is 11.5 Å². The molecule has 1 aliphatic rings. The monoisotopic (exact) mass is 183 g/mol. The summed E-state index contributed by atoms with van der Waals surface area (Å²) in [5, 5.41) is 0. The van der Waals surface area contributed by atoms with Gasteiger partial charge >= 0.3 is 0 Å². The lowest BCUT2D eigenvalue weighted by atomic mass is 9.88. The van der Waals surface area contributed by atoms with Gasteiger partial charge in [0.15, 0.2) is 5.78 Å². The molecule has 0 atom stereocenters. The van der Waals surface area contributed by atoms with E-state index in [0.29, 0.717) is 18.4 Å². The molecule has 0 aromatic carbocycles. The second kappa shape index (κ2) is 3.79. The molecule has 2 heteroatoms. The summed E-state index contributed by atoms with van der Waals surface area (Å²) in [5.41, 5.74) is -0.183. The summed E-state index contributed by atoms with van der Waals surface area (Å²) in [7, 11) is 2.06. The van der Waals surface area contributed by atoms with Crippen LogP contribution in [0.5, 0.6) is 0 Å². The first kappa shape index (κ1) is 10.7. The summed E-state index contributed by atoms with van der Waals surface area (Å²) in [6, 6.07) is 0.672. The lowest BCUT2D eigenvalue weighted by molar-refractivity contribution is -0.128. The Balaban J connectivity index is 2.35. The maximum Gasteiger partial charge on any atom is 0.152 e. The third kappa shape index (κ3) is 2.80. The summed E-state index contributed by atoms with van der Waals surface area (Å²) in [6.07, 6.45) is 3.88. The highest BCUT2D eigenvalue weighted by molar-refractivity contribution is 5.85. The van der Waals surface area contributed by atoms with Crippen molar-refractivity contribution in [2.45, 2.75) is 46.1 Å². The van der Waals surface area contributed by atoms with Crippen LogP contribution >= 0.6 is 0 Å². The summed E-state index contributed by atoms with van der Waals surface area (Å²) >= 11 is 0. The number of hydrogen-bond donors (Lipinski definition) is 0. The summed E-state index contributed by atoms with van der Waals surface area (Å²) in [5.74, 6) is 0.349. The third-order valence-electron chi connectivity index (χ3n) is 2.93. The molecule has 0 bridgehead atoms. The molecular formula is C11H21NO. The molecule has 2 nitrogen and oxygen atoms in total. The maximum absolute atomic E-state index is 11.7. The largest absolute Gasteiger partial charge is 0.298 e. The highest BCUT2D eigenvalue weighted by Crippen LogP contribution is 2.24. The molecular weight excluding hydrogens is 162 g/mol. The Morgan fingerprint density at radius 1 is 1.38 bits per heavy atom. The number of carbonyl (C=O) groups is 1. The predicted molar refractivity (Wildman–Crippen MR) is 54.7 cm³/mol. The van der Waals surface area contributed by atoms with Gasteiger partial charge in [-0.25, -0.2) is 0 Å². The average Bonchev–Trinajstić information content (AvgIpc) is 1.79. The molecule has 0 spiro atoms. The Bertz CT molecular complexity index is 189. The van der Waals surface area contributed by atoms with Gasteiger partial charge in [0.25, 0.3) is 0 Å². The van der Waals surface area contributed by atoms with Crippen LogP contribution in [0.1, 0.15) is 40.0 Å². The van der Waals surface area contributed by atoms with Crippen LogP contribution in [0.15, 0.2) is 0 Å². The minimum absolute atomic E-state index is 0.183. The lowest BCUT2D eigenvalue weighted by Crippen LogP contribution is -2.42. The molecule has 0 aromatic rings. The number of Topliss-reactive ketones (excluding diaryl/α,β-unsaturated/α-hetero) is 1. The Labute approximate surface area is 81.3 Å². The Morgan fingerprint density at radius 3 is 2.23 bits per heavy atom. The topological polar surface area (TPSA) is 20.3 Å². The van der Waals surface area contributed by atoms with E-state index in [-0.39, 0.29) is 5.41 Å². The van der Waals surface area contributed by atoms with E-state index in [0.717, 1.165) is 0 Å². The van der Waals surface area contributed by atoms with Crippen LogP contribution in [0.3, 0.4) is 0 Å². The van der Waals surface area contributed by atoms with Gasteiger partial charge in [-0.15, -0.1) is 0 Å². The molecule has 0 heterocycles. The fraction of sp³-hybridized carbons (Fsp3) is 0.909. The summed E-state index contributed by atoms with van der Waals surface area (Å²) in [6.45, 7) is 6.59. The smallest absolute Gasteiger partial charge is 0.152 e. The third-order valence-corrected chi connectivity index (χ3v) is 2.93. The van der Waals surface area contributed by atoms with Gasteiger partial charge in [-0.1, -0.05) is 27.2 Å². The van der Waals surface area contributed by atoms with E-state index >= 15 is 0 Å². The molecule has 0 aliphatic heterocycles. The van der Waals surface area contributed by atoms with Crippen molar-refractivity contribution in [1.82, 2.24) is 4.90 Å². The number of carbonyl (C=O) groups excluding carboxylic acids is 1. The normalized spacial score (nSPS) is 18.8. The first-order valence-electron chi connectivity index (χ1n) is 5.15. The van der Waals surface area contributed by atoms with E-state index in [1.807, 2.05) is 20.8 Å². The van der Waals surface area contributed by atoms with Crippen LogP contribution < -0.4 is 0 Å². The standard InChI is InChI=1S/C11H21NO/c1-11(2,3)10(13)8-12(4)9-6-5-7-9/h9H,5-8H2,1-4H3. The van der Waals surface area contributed by atoms with Crippen LogP contribution in [0.25, 0.3) is 0 Å². The van der Waals surface area contributed by atoms with Gasteiger partial charge in [0.2, 0.25) is 0 Å². The molecule has 0 unspecified atom stereocenters. The van der Waals surface area contributed by atoms with E-state index in [2.05, 4.69) is 11.9 Å². The van der Waals surface area contributed by atoms with Crippen molar-refractivity contribution >= 4 is 5.78 Å². The van der Waals surface area contributed by atoms with Crippen molar-refractivity contribution in [3.05, 3.63) is 0 Å². The van der Waals surface area contributed by atoms with E-state index in [1.54, 1.807) is 0 Å². The van der Waals surface area contributed by atoms with E-state index in [1.165, 1.54) is 19.3 Å². The number of ketones is 1. The number of hydrogen-bond acceptors (Lipinski definition) is 2. The minimum Gasteiger partial charge on any atom is -0.298 e. The predicted octanol–water partition coefficient (Wildman–Crippen LogP) is 2.09. The van der Waals surface area contributed by atoms with Gasteiger partial charge in [-0.3, -0.25) is 9.69 Å². The molecule has 0 aromatic heterocycles. The van der Waals surface area contributed by atoms with Gasteiger partial charge in [0.1, 0.15) is 0 Å². The zero-order valence-electron chi connectivity index (χ0n) is 9.26. The first-order chi connectivity index (χ1) is 5.91. The molecule has 13 heavy (non-hydrogen) atoms. The Hall–Kier alpha value is -0.370. The van der Waals surface area contributed by atoms with Crippen molar-refractivity contribution in [1.29, 1.82) is 0 Å². The zero-order valence-corrected chi connectivity index (χ0v) is 9.26. The molecule has 76 valence electrons. The first-order valence-corrected chi connectivity index (χ1v) is 5.15. The highest BCUT2D eigenvalue weighted by Gasteiger charge is 2.27. The molecule has 0 N–H and O–H groups in total. The fourth-order valence-electron chi connectivity index (χ4n) is 1.42.